The molecule has 0 radical (unpaired) electrons. The summed E-state index contributed by atoms with van der Waals surface area (Å²) in [5.74, 6) is 0.425. The average Bonchev–Trinajstić information content (AvgIpc) is 3.57. The van der Waals surface area contributed by atoms with Gasteiger partial charge in [-0.25, -0.2) is 13.4 Å². The predicted octanol–water partition coefficient (Wildman–Crippen LogP) is 3.75. The molecule has 0 aliphatic carbocycles. The summed E-state index contributed by atoms with van der Waals surface area (Å²) < 4.78 is 29.3. The van der Waals surface area contributed by atoms with Crippen LogP contribution in [0.3, 0.4) is 0 Å². The van der Waals surface area contributed by atoms with Crippen LogP contribution in [0.2, 0.25) is 0 Å². The number of thiophene rings is 1. The number of carbonyl (C=O) groups excluding carboxylic acids is 1. The van der Waals surface area contributed by atoms with Gasteiger partial charge in [0, 0.05) is 18.5 Å². The second kappa shape index (κ2) is 8.88. The Balaban J connectivity index is 1.35. The van der Waals surface area contributed by atoms with Crippen molar-refractivity contribution in [3.05, 3.63) is 47.8 Å². The SMILES string of the molecule is CN(C(=O)CSc1nnc(-c2cc(-c3cccs3)nc3ccccc23)o1)[C@H]1CCS(=O)(=O)C1. The summed E-state index contributed by atoms with van der Waals surface area (Å²) >= 11 is 2.75. The Morgan fingerprint density at radius 2 is 2.09 bits per heavy atom. The number of amides is 1. The molecule has 11 heteroatoms. The van der Waals surface area contributed by atoms with E-state index < -0.39 is 9.84 Å². The quantitative estimate of drug-likeness (QED) is 0.369. The van der Waals surface area contributed by atoms with Gasteiger partial charge in [-0.05, 0) is 30.0 Å². The summed E-state index contributed by atoms with van der Waals surface area (Å²) in [7, 11) is -1.41. The maximum Gasteiger partial charge on any atom is 0.277 e. The number of nitrogens with zero attached hydrogens (tertiary/aromatic N) is 4. The highest BCUT2D eigenvalue weighted by molar-refractivity contribution is 7.99. The van der Waals surface area contributed by atoms with Crippen LogP contribution in [0.5, 0.6) is 0 Å². The van der Waals surface area contributed by atoms with Crippen molar-refractivity contribution in [2.24, 2.45) is 0 Å². The minimum Gasteiger partial charge on any atom is -0.411 e. The second-order valence-corrected chi connectivity index (χ2v) is 11.9. The Morgan fingerprint density at radius 1 is 1.24 bits per heavy atom. The van der Waals surface area contributed by atoms with Gasteiger partial charge in [0.1, 0.15) is 0 Å². The average molecular weight is 501 g/mol. The molecule has 170 valence electrons. The molecular weight excluding hydrogens is 480 g/mol. The van der Waals surface area contributed by atoms with E-state index in [0.29, 0.717) is 12.3 Å². The third-order valence-corrected chi connectivity index (χ3v) is 9.04. The lowest BCUT2D eigenvalue weighted by Crippen LogP contribution is -2.38. The van der Waals surface area contributed by atoms with Crippen LogP contribution in [0.1, 0.15) is 6.42 Å². The Bertz CT molecular complexity index is 1420. The molecule has 1 fully saturated rings. The van der Waals surface area contributed by atoms with E-state index >= 15 is 0 Å². The van der Waals surface area contributed by atoms with Crippen LogP contribution < -0.4 is 0 Å². The first-order valence-electron chi connectivity index (χ1n) is 10.3. The summed E-state index contributed by atoms with van der Waals surface area (Å²) in [4.78, 5) is 19.9. The molecule has 0 N–H and O–H groups in total. The standard InChI is InChI=1S/C22H20N4O4S3/c1-26(14-8-10-33(28,29)13-14)20(27)12-32-22-25-24-21(30-22)16-11-18(19-7-4-9-31-19)23-17-6-3-2-5-15(16)17/h2-7,9,11,14H,8,10,12-13H2,1H3/t14-/m0/s1. The third kappa shape index (κ3) is 4.66. The van der Waals surface area contributed by atoms with E-state index in [9.17, 15) is 13.2 Å². The summed E-state index contributed by atoms with van der Waals surface area (Å²) in [6.07, 6.45) is 0.474. The van der Waals surface area contributed by atoms with E-state index in [1.165, 1.54) is 4.90 Å². The molecule has 8 nitrogen and oxygen atoms in total. The van der Waals surface area contributed by atoms with Crippen LogP contribution in [-0.4, -0.2) is 64.8 Å². The number of pyridine rings is 1. The molecule has 1 aromatic carbocycles. The fraction of sp³-hybridized carbons (Fsp3) is 0.273. The van der Waals surface area contributed by atoms with E-state index in [1.807, 2.05) is 47.8 Å². The van der Waals surface area contributed by atoms with E-state index in [0.717, 1.165) is 38.8 Å². The van der Waals surface area contributed by atoms with Gasteiger partial charge in [0.15, 0.2) is 9.84 Å². The number of thioether (sulfide) groups is 1. The fourth-order valence-electron chi connectivity index (χ4n) is 3.79. The largest absolute Gasteiger partial charge is 0.411 e. The first kappa shape index (κ1) is 22.1. The van der Waals surface area contributed by atoms with Crippen molar-refractivity contribution >= 4 is 49.7 Å². The van der Waals surface area contributed by atoms with Crippen molar-refractivity contribution in [1.29, 1.82) is 0 Å². The van der Waals surface area contributed by atoms with Gasteiger partial charge in [-0.2, -0.15) is 0 Å². The van der Waals surface area contributed by atoms with Crippen molar-refractivity contribution in [2.45, 2.75) is 17.7 Å². The maximum atomic E-state index is 12.6. The van der Waals surface area contributed by atoms with Gasteiger partial charge in [-0.1, -0.05) is 36.0 Å². The van der Waals surface area contributed by atoms with Gasteiger partial charge < -0.3 is 9.32 Å². The van der Waals surface area contributed by atoms with Crippen molar-refractivity contribution in [2.75, 3.05) is 24.3 Å². The highest BCUT2D eigenvalue weighted by Gasteiger charge is 2.32. The Kier molecular flexibility index (Phi) is 5.94. The molecule has 1 saturated heterocycles. The van der Waals surface area contributed by atoms with E-state index in [1.54, 1.807) is 18.4 Å². The molecular formula is C22H20N4O4S3. The summed E-state index contributed by atoms with van der Waals surface area (Å²) in [5, 5.41) is 11.5. The maximum absolute atomic E-state index is 12.6. The minimum atomic E-state index is -3.05. The number of hydrogen-bond acceptors (Lipinski definition) is 9. The first-order valence-corrected chi connectivity index (χ1v) is 13.9. The van der Waals surface area contributed by atoms with Crippen molar-refractivity contribution in [1.82, 2.24) is 20.1 Å². The van der Waals surface area contributed by atoms with Crippen LogP contribution in [-0.2, 0) is 14.6 Å². The number of rotatable bonds is 6. The highest BCUT2D eigenvalue weighted by atomic mass is 32.2. The van der Waals surface area contributed by atoms with Gasteiger partial charge in [-0.3, -0.25) is 4.79 Å². The lowest BCUT2D eigenvalue weighted by Gasteiger charge is -2.22. The van der Waals surface area contributed by atoms with Crippen LogP contribution in [0.4, 0.5) is 0 Å². The zero-order valence-corrected chi connectivity index (χ0v) is 20.1. The van der Waals surface area contributed by atoms with Gasteiger partial charge in [-0.15, -0.1) is 21.5 Å². The van der Waals surface area contributed by atoms with Crippen LogP contribution in [0.15, 0.2) is 57.5 Å². The molecule has 0 unspecified atom stereocenters. The first-order chi connectivity index (χ1) is 15.9. The molecule has 0 saturated carbocycles. The molecule has 4 heterocycles. The number of sulfone groups is 1. The Hall–Kier alpha value is -2.76. The molecule has 1 atom stereocenters. The molecule has 5 rings (SSSR count). The third-order valence-electron chi connectivity index (χ3n) is 5.60. The van der Waals surface area contributed by atoms with Crippen LogP contribution in [0.25, 0.3) is 32.9 Å². The number of aromatic nitrogens is 3. The van der Waals surface area contributed by atoms with E-state index in [2.05, 4.69) is 10.2 Å². The molecule has 33 heavy (non-hydrogen) atoms. The number of carbonyl (C=O) groups is 1. The fourth-order valence-corrected chi connectivity index (χ4v) is 6.94. The van der Waals surface area contributed by atoms with Crippen LogP contribution in [0, 0.1) is 0 Å². The molecule has 1 aliphatic rings. The minimum absolute atomic E-state index is 0.0201. The normalized spacial score (nSPS) is 17.4. The zero-order chi connectivity index (χ0) is 23.0. The summed E-state index contributed by atoms with van der Waals surface area (Å²) in [5.41, 5.74) is 2.44. The monoisotopic (exact) mass is 500 g/mol. The van der Waals surface area contributed by atoms with Gasteiger partial charge in [0.2, 0.25) is 11.8 Å². The van der Waals surface area contributed by atoms with Crippen LogP contribution >= 0.6 is 23.1 Å². The highest BCUT2D eigenvalue weighted by Crippen LogP contribution is 2.34. The van der Waals surface area contributed by atoms with Gasteiger partial charge in [0.05, 0.1) is 38.9 Å². The summed E-state index contributed by atoms with van der Waals surface area (Å²) in [6, 6.07) is 13.4. The molecule has 0 bridgehead atoms. The molecule has 3 aromatic heterocycles. The van der Waals surface area contributed by atoms with Crippen molar-refractivity contribution in [3.8, 4) is 22.0 Å². The molecule has 1 amide bonds. The lowest BCUT2D eigenvalue weighted by atomic mass is 10.1. The zero-order valence-electron chi connectivity index (χ0n) is 17.7. The van der Waals surface area contributed by atoms with Gasteiger partial charge in [0.25, 0.3) is 5.22 Å². The Labute approximate surface area is 199 Å². The van der Waals surface area contributed by atoms with Gasteiger partial charge >= 0.3 is 0 Å². The number of benzene rings is 1. The predicted molar refractivity (Wildman–Crippen MR) is 129 cm³/mol. The van der Waals surface area contributed by atoms with E-state index in [4.69, 9.17) is 9.40 Å². The van der Waals surface area contributed by atoms with E-state index in [-0.39, 0.29) is 34.4 Å². The lowest BCUT2D eigenvalue weighted by molar-refractivity contribution is -0.128. The smallest absolute Gasteiger partial charge is 0.277 e. The molecule has 1 aliphatic heterocycles. The number of fused-ring (bicyclic) bond motifs is 1. The topological polar surface area (TPSA) is 106 Å². The summed E-state index contributed by atoms with van der Waals surface area (Å²) in [6.45, 7) is 0. The molecule has 4 aromatic rings. The Morgan fingerprint density at radius 3 is 2.85 bits per heavy atom. The van der Waals surface area contributed by atoms with Crippen molar-refractivity contribution in [3.63, 3.8) is 0 Å². The number of hydrogen-bond donors (Lipinski definition) is 0. The van der Waals surface area contributed by atoms with Crippen molar-refractivity contribution < 1.29 is 17.6 Å². The number of para-hydroxylation sites is 1. The molecule has 0 spiro atoms. The second-order valence-electron chi connectivity index (χ2n) is 7.77.